The van der Waals surface area contributed by atoms with Crippen molar-refractivity contribution in [1.82, 2.24) is 0 Å². The summed E-state index contributed by atoms with van der Waals surface area (Å²) in [5.74, 6) is 0.545. The molecule has 0 N–H and O–H groups in total. The molecule has 12 heavy (non-hydrogen) atoms. The van der Waals surface area contributed by atoms with Gasteiger partial charge in [-0.3, -0.25) is 0 Å². The molecule has 0 amide bonds. The lowest BCUT2D eigenvalue weighted by atomic mass is 10.2. The second-order valence-corrected chi connectivity index (χ2v) is 5.48. The Hall–Kier alpha value is -0.0900. The first-order valence-corrected chi connectivity index (χ1v) is 6.31. The molecule has 1 aliphatic heterocycles. The molecule has 1 aliphatic rings. The number of hydrogen-bond donors (Lipinski definition) is 0. The maximum absolute atomic E-state index is 11.2. The quantitative estimate of drug-likeness (QED) is 0.575. The van der Waals surface area contributed by atoms with E-state index in [9.17, 15) is 8.42 Å². The van der Waals surface area contributed by atoms with Crippen LogP contribution in [0.2, 0.25) is 0 Å². The van der Waals surface area contributed by atoms with E-state index < -0.39 is 9.84 Å². The molecule has 0 atom stereocenters. The van der Waals surface area contributed by atoms with Crippen molar-refractivity contribution in [2.45, 2.75) is 25.7 Å². The third-order valence-electron chi connectivity index (χ3n) is 2.03. The number of sulfone groups is 1. The smallest absolute Gasteiger partial charge is 0.152 e. The van der Waals surface area contributed by atoms with Crippen LogP contribution in [-0.4, -0.2) is 33.1 Å². The highest BCUT2D eigenvalue weighted by Crippen LogP contribution is 2.05. The van der Waals surface area contributed by atoms with E-state index in [1.807, 2.05) is 0 Å². The van der Waals surface area contributed by atoms with Crippen molar-refractivity contribution in [2.24, 2.45) is 0 Å². The molecule has 3 nitrogen and oxygen atoms in total. The van der Waals surface area contributed by atoms with Crippen LogP contribution in [0.5, 0.6) is 0 Å². The second-order valence-electron chi connectivity index (χ2n) is 3.18. The summed E-state index contributed by atoms with van der Waals surface area (Å²) in [7, 11) is -2.81. The van der Waals surface area contributed by atoms with Crippen LogP contribution >= 0.6 is 0 Å². The zero-order valence-electron chi connectivity index (χ0n) is 7.29. The predicted octanol–water partition coefficient (Wildman–Crippen LogP) is 0.992. The van der Waals surface area contributed by atoms with Gasteiger partial charge in [0.25, 0.3) is 0 Å². The van der Waals surface area contributed by atoms with Crippen LogP contribution in [0.1, 0.15) is 25.7 Å². The van der Waals surface area contributed by atoms with Gasteiger partial charge in [0.1, 0.15) is 0 Å². The Balaban J connectivity index is 2.38. The summed E-state index contributed by atoms with van der Waals surface area (Å²) >= 11 is 0. The van der Waals surface area contributed by atoms with Crippen LogP contribution < -0.4 is 0 Å². The fourth-order valence-corrected chi connectivity index (χ4v) is 2.49. The molecule has 0 saturated carbocycles. The summed E-state index contributed by atoms with van der Waals surface area (Å²) in [6.45, 7) is 1.10. The number of ether oxygens (including phenoxy) is 1. The highest BCUT2D eigenvalue weighted by molar-refractivity contribution is 7.91. The summed E-state index contributed by atoms with van der Waals surface area (Å²) in [5.41, 5.74) is 0. The van der Waals surface area contributed by atoms with E-state index in [-0.39, 0.29) is 5.75 Å². The molecule has 0 bridgehead atoms. The van der Waals surface area contributed by atoms with E-state index in [4.69, 9.17) is 4.74 Å². The van der Waals surface area contributed by atoms with Gasteiger partial charge < -0.3 is 4.74 Å². The lowest BCUT2D eigenvalue weighted by Gasteiger charge is -2.08. The van der Waals surface area contributed by atoms with Crippen molar-refractivity contribution >= 4 is 9.84 Å². The molecule has 0 aromatic carbocycles. The summed E-state index contributed by atoms with van der Waals surface area (Å²) in [5, 5.41) is 0. The molecule has 0 spiro atoms. The summed E-state index contributed by atoms with van der Waals surface area (Å²) in [4.78, 5) is 0. The van der Waals surface area contributed by atoms with Gasteiger partial charge in [0.05, 0.1) is 18.1 Å². The molecule has 72 valence electrons. The van der Waals surface area contributed by atoms with Crippen LogP contribution in [0.15, 0.2) is 0 Å². The lowest BCUT2D eigenvalue weighted by Crippen LogP contribution is -2.17. The molecular weight excluding hydrogens is 176 g/mol. The third kappa shape index (κ3) is 4.07. The first-order valence-electron chi connectivity index (χ1n) is 4.49. The second kappa shape index (κ2) is 4.82. The van der Waals surface area contributed by atoms with Gasteiger partial charge in [-0.25, -0.2) is 8.42 Å². The first-order chi connectivity index (χ1) is 5.71. The zero-order chi connectivity index (χ0) is 8.86. The maximum atomic E-state index is 11.2. The van der Waals surface area contributed by atoms with Crippen molar-refractivity contribution in [1.29, 1.82) is 0 Å². The third-order valence-corrected chi connectivity index (χ3v) is 3.73. The molecule has 4 heteroatoms. The summed E-state index contributed by atoms with van der Waals surface area (Å²) in [6, 6.07) is 0. The van der Waals surface area contributed by atoms with Crippen LogP contribution in [0.3, 0.4) is 0 Å². The molecule has 1 heterocycles. The average molecular weight is 192 g/mol. The monoisotopic (exact) mass is 192 g/mol. The van der Waals surface area contributed by atoms with E-state index >= 15 is 0 Å². The van der Waals surface area contributed by atoms with Gasteiger partial charge in [-0.05, 0) is 12.8 Å². The van der Waals surface area contributed by atoms with Crippen molar-refractivity contribution in [3.8, 4) is 0 Å². The normalized spacial score (nSPS) is 26.3. The minimum absolute atomic E-state index is 0.201. The maximum Gasteiger partial charge on any atom is 0.152 e. The van der Waals surface area contributed by atoms with Gasteiger partial charge in [0.15, 0.2) is 9.84 Å². The van der Waals surface area contributed by atoms with E-state index in [0.29, 0.717) is 12.4 Å². The average Bonchev–Trinajstić information content (AvgIpc) is 2.02. The number of rotatable bonds is 0. The van der Waals surface area contributed by atoms with Crippen molar-refractivity contribution < 1.29 is 13.2 Å². The standard InChI is InChI=1S/C8H16O3S/c9-12(10)7-4-2-1-3-5-11-6-8-12/h1-8H2. The Morgan fingerprint density at radius 1 is 0.833 bits per heavy atom. The van der Waals surface area contributed by atoms with Gasteiger partial charge >= 0.3 is 0 Å². The van der Waals surface area contributed by atoms with Gasteiger partial charge in [-0.2, -0.15) is 0 Å². The molecule has 0 unspecified atom stereocenters. The van der Waals surface area contributed by atoms with Crippen molar-refractivity contribution in [2.75, 3.05) is 24.7 Å². The van der Waals surface area contributed by atoms with Gasteiger partial charge in [0, 0.05) is 6.61 Å². The fraction of sp³-hybridized carbons (Fsp3) is 1.00. The van der Waals surface area contributed by atoms with Gasteiger partial charge in [-0.1, -0.05) is 12.8 Å². The topological polar surface area (TPSA) is 43.4 Å². The molecule has 0 aromatic heterocycles. The van der Waals surface area contributed by atoms with Crippen molar-refractivity contribution in [3.05, 3.63) is 0 Å². The molecule has 1 rings (SSSR count). The van der Waals surface area contributed by atoms with Crippen molar-refractivity contribution in [3.63, 3.8) is 0 Å². The lowest BCUT2D eigenvalue weighted by molar-refractivity contribution is 0.143. The molecule has 1 saturated heterocycles. The Bertz CT molecular complexity index is 192. The summed E-state index contributed by atoms with van der Waals surface area (Å²) in [6.07, 6.45) is 4.00. The Morgan fingerprint density at radius 3 is 2.42 bits per heavy atom. The largest absolute Gasteiger partial charge is 0.380 e. The zero-order valence-corrected chi connectivity index (χ0v) is 8.11. The molecular formula is C8H16O3S. The van der Waals surface area contributed by atoms with Crippen LogP contribution in [0.25, 0.3) is 0 Å². The highest BCUT2D eigenvalue weighted by Gasteiger charge is 2.11. The van der Waals surface area contributed by atoms with E-state index in [1.54, 1.807) is 0 Å². The Kier molecular flexibility index (Phi) is 4.01. The van der Waals surface area contributed by atoms with E-state index in [2.05, 4.69) is 0 Å². The molecule has 1 fully saturated rings. The molecule has 0 aromatic rings. The SMILES string of the molecule is O=S1(=O)CCCCCCOCC1. The number of hydrogen-bond acceptors (Lipinski definition) is 3. The van der Waals surface area contributed by atoms with E-state index in [1.165, 1.54) is 0 Å². The van der Waals surface area contributed by atoms with Crippen LogP contribution in [-0.2, 0) is 14.6 Å². The minimum Gasteiger partial charge on any atom is -0.380 e. The summed E-state index contributed by atoms with van der Waals surface area (Å²) < 4.78 is 27.6. The van der Waals surface area contributed by atoms with Gasteiger partial charge in [-0.15, -0.1) is 0 Å². The van der Waals surface area contributed by atoms with Crippen LogP contribution in [0, 0.1) is 0 Å². The first kappa shape index (κ1) is 9.99. The Morgan fingerprint density at radius 2 is 1.58 bits per heavy atom. The van der Waals surface area contributed by atoms with Gasteiger partial charge in [0.2, 0.25) is 0 Å². The molecule has 0 aliphatic carbocycles. The highest BCUT2D eigenvalue weighted by atomic mass is 32.2. The fourth-order valence-electron chi connectivity index (χ4n) is 1.27. The minimum atomic E-state index is -2.81. The predicted molar refractivity (Wildman–Crippen MR) is 47.9 cm³/mol. The van der Waals surface area contributed by atoms with E-state index in [0.717, 1.165) is 32.3 Å². The Labute approximate surface area is 74.0 Å². The van der Waals surface area contributed by atoms with Crippen LogP contribution in [0.4, 0.5) is 0 Å². The molecule has 0 radical (unpaired) electrons.